The molecule has 2 aromatic carbocycles. The molecule has 1 heterocycles. The first kappa shape index (κ1) is 22.1. The van der Waals surface area contributed by atoms with Crippen molar-refractivity contribution in [1.82, 2.24) is 4.90 Å². The van der Waals surface area contributed by atoms with Crippen LogP contribution in [0.4, 0.5) is 10.1 Å². The highest BCUT2D eigenvalue weighted by Gasteiger charge is 2.28. The van der Waals surface area contributed by atoms with Crippen molar-refractivity contribution in [1.29, 1.82) is 0 Å². The first-order valence-corrected chi connectivity index (χ1v) is 10.2. The van der Waals surface area contributed by atoms with Crippen LogP contribution in [0.1, 0.15) is 28.8 Å². The lowest BCUT2D eigenvalue weighted by Gasteiger charge is -2.23. The van der Waals surface area contributed by atoms with Crippen molar-refractivity contribution in [3.8, 4) is 0 Å². The Bertz CT molecular complexity index is 969. The van der Waals surface area contributed by atoms with E-state index in [4.69, 9.17) is 5.73 Å². The Kier molecular flexibility index (Phi) is 7.03. The molecule has 0 spiro atoms. The summed E-state index contributed by atoms with van der Waals surface area (Å²) in [6.45, 7) is 2.59. The van der Waals surface area contributed by atoms with E-state index in [1.54, 1.807) is 30.0 Å². The number of amides is 1. The van der Waals surface area contributed by atoms with Gasteiger partial charge in [0.2, 0.25) is 0 Å². The summed E-state index contributed by atoms with van der Waals surface area (Å²) in [5, 5.41) is 0. The van der Waals surface area contributed by atoms with Crippen LogP contribution in [0.2, 0.25) is 0 Å². The number of nitrogens with one attached hydrogen (secondary N) is 1. The number of halogens is 2. The van der Waals surface area contributed by atoms with Crippen molar-refractivity contribution in [3.63, 3.8) is 0 Å². The van der Waals surface area contributed by atoms with Crippen LogP contribution in [-0.2, 0) is 10.0 Å². The second-order valence-corrected chi connectivity index (χ2v) is 8.31. The molecule has 0 aliphatic carbocycles. The zero-order valence-electron chi connectivity index (χ0n) is 15.4. The Morgan fingerprint density at radius 3 is 2.71 bits per heavy atom. The first-order valence-electron chi connectivity index (χ1n) is 8.72. The molecule has 1 unspecified atom stereocenters. The van der Waals surface area contributed by atoms with Crippen molar-refractivity contribution >= 4 is 34.0 Å². The molecule has 3 rings (SSSR count). The Balaban J connectivity index is 0.00000280. The Morgan fingerprint density at radius 2 is 2.04 bits per heavy atom. The number of benzene rings is 2. The van der Waals surface area contributed by atoms with Crippen LogP contribution in [0.15, 0.2) is 47.4 Å². The highest BCUT2D eigenvalue weighted by molar-refractivity contribution is 7.92. The second kappa shape index (κ2) is 8.89. The number of likely N-dealkylation sites (tertiary alicyclic amines) is 1. The monoisotopic (exact) mass is 427 g/mol. The van der Waals surface area contributed by atoms with Gasteiger partial charge < -0.3 is 10.6 Å². The number of hydrogen-bond acceptors (Lipinski definition) is 4. The molecule has 9 heteroatoms. The standard InChI is InChI=1S/C19H22FN3O3S.ClH/c1-13-7-8-17(11-18(13)20)27(25,26)22-15-5-2-4-14(10-15)19(24)23-9-3-6-16(23)12-21;/h2,4-5,7-8,10-11,16,22H,3,6,9,12,21H2,1H3;1H. The maximum Gasteiger partial charge on any atom is 0.261 e. The van der Waals surface area contributed by atoms with Crippen LogP contribution < -0.4 is 10.5 Å². The van der Waals surface area contributed by atoms with Crippen molar-refractivity contribution in [3.05, 3.63) is 59.4 Å². The third-order valence-electron chi connectivity index (χ3n) is 4.73. The van der Waals surface area contributed by atoms with Crippen LogP contribution in [-0.4, -0.2) is 38.4 Å². The molecule has 1 atom stereocenters. The van der Waals surface area contributed by atoms with Crippen molar-refractivity contribution in [2.45, 2.75) is 30.7 Å². The lowest BCUT2D eigenvalue weighted by molar-refractivity contribution is 0.0741. The molecule has 28 heavy (non-hydrogen) atoms. The maximum absolute atomic E-state index is 13.7. The first-order chi connectivity index (χ1) is 12.8. The van der Waals surface area contributed by atoms with E-state index in [1.807, 2.05) is 0 Å². The van der Waals surface area contributed by atoms with Gasteiger partial charge >= 0.3 is 0 Å². The molecule has 0 bridgehead atoms. The van der Waals surface area contributed by atoms with E-state index in [2.05, 4.69) is 4.72 Å². The molecule has 1 saturated heterocycles. The third kappa shape index (κ3) is 4.63. The molecule has 1 fully saturated rings. The van der Waals surface area contributed by atoms with Crippen LogP contribution in [0.5, 0.6) is 0 Å². The topological polar surface area (TPSA) is 92.5 Å². The van der Waals surface area contributed by atoms with E-state index >= 15 is 0 Å². The third-order valence-corrected chi connectivity index (χ3v) is 6.10. The molecular formula is C19H23ClFN3O3S. The average molecular weight is 428 g/mol. The average Bonchev–Trinajstić information content (AvgIpc) is 3.12. The largest absolute Gasteiger partial charge is 0.334 e. The quantitative estimate of drug-likeness (QED) is 0.767. The lowest BCUT2D eigenvalue weighted by Crippen LogP contribution is -2.39. The van der Waals surface area contributed by atoms with E-state index in [-0.39, 0.29) is 34.9 Å². The summed E-state index contributed by atoms with van der Waals surface area (Å²) in [5.74, 6) is -0.769. The molecule has 1 amide bonds. The maximum atomic E-state index is 13.7. The highest BCUT2D eigenvalue weighted by Crippen LogP contribution is 2.23. The van der Waals surface area contributed by atoms with E-state index in [0.717, 1.165) is 18.9 Å². The molecule has 0 aromatic heterocycles. The Hall–Kier alpha value is -2.16. The fourth-order valence-corrected chi connectivity index (χ4v) is 4.25. The number of sulfonamides is 1. The number of anilines is 1. The van der Waals surface area contributed by atoms with Gasteiger partial charge in [0.15, 0.2) is 0 Å². The van der Waals surface area contributed by atoms with Gasteiger partial charge in [0, 0.05) is 30.4 Å². The fraction of sp³-hybridized carbons (Fsp3) is 0.316. The predicted octanol–water partition coefficient (Wildman–Crippen LogP) is 2.92. The van der Waals surface area contributed by atoms with E-state index in [9.17, 15) is 17.6 Å². The van der Waals surface area contributed by atoms with E-state index in [0.29, 0.717) is 24.2 Å². The summed E-state index contributed by atoms with van der Waals surface area (Å²) in [6, 6.07) is 10.00. The normalized spacial score (nSPS) is 16.5. The zero-order chi connectivity index (χ0) is 19.6. The second-order valence-electron chi connectivity index (χ2n) is 6.63. The molecule has 0 radical (unpaired) electrons. The van der Waals surface area contributed by atoms with Crippen molar-refractivity contribution in [2.75, 3.05) is 17.8 Å². The molecule has 1 aliphatic heterocycles. The predicted molar refractivity (Wildman–Crippen MR) is 109 cm³/mol. The lowest BCUT2D eigenvalue weighted by atomic mass is 10.1. The smallest absolute Gasteiger partial charge is 0.261 e. The van der Waals surface area contributed by atoms with Gasteiger partial charge in [-0.15, -0.1) is 12.4 Å². The zero-order valence-corrected chi connectivity index (χ0v) is 17.0. The van der Waals surface area contributed by atoms with Crippen molar-refractivity contribution < 1.29 is 17.6 Å². The number of nitrogens with zero attached hydrogens (tertiary/aromatic N) is 1. The summed E-state index contributed by atoms with van der Waals surface area (Å²) < 4.78 is 41.1. The van der Waals surface area contributed by atoms with E-state index < -0.39 is 15.8 Å². The summed E-state index contributed by atoms with van der Waals surface area (Å²) in [5.41, 5.74) is 6.71. The summed E-state index contributed by atoms with van der Waals surface area (Å²) in [6.07, 6.45) is 1.77. The minimum Gasteiger partial charge on any atom is -0.334 e. The minimum absolute atomic E-state index is 0. The van der Waals surface area contributed by atoms with Gasteiger partial charge in [-0.3, -0.25) is 9.52 Å². The van der Waals surface area contributed by atoms with Crippen LogP contribution >= 0.6 is 12.4 Å². The van der Waals surface area contributed by atoms with Crippen LogP contribution in [0.25, 0.3) is 0 Å². The molecule has 152 valence electrons. The van der Waals surface area contributed by atoms with Crippen molar-refractivity contribution in [2.24, 2.45) is 5.73 Å². The molecule has 2 aromatic rings. The number of hydrogen-bond donors (Lipinski definition) is 2. The Morgan fingerprint density at radius 1 is 1.29 bits per heavy atom. The van der Waals surface area contributed by atoms with Crippen LogP contribution in [0.3, 0.4) is 0 Å². The number of rotatable bonds is 5. The number of aryl methyl sites for hydroxylation is 1. The minimum atomic E-state index is -3.96. The number of nitrogens with two attached hydrogens (primary N) is 1. The van der Waals surface area contributed by atoms with E-state index in [1.165, 1.54) is 18.2 Å². The van der Waals surface area contributed by atoms with Gasteiger partial charge in [-0.2, -0.15) is 0 Å². The van der Waals surface area contributed by atoms with Gasteiger partial charge in [0.25, 0.3) is 15.9 Å². The van der Waals surface area contributed by atoms with Gasteiger partial charge in [0.1, 0.15) is 5.82 Å². The Labute approximate surface area is 170 Å². The fourth-order valence-electron chi connectivity index (χ4n) is 3.18. The highest BCUT2D eigenvalue weighted by atomic mass is 35.5. The number of carbonyl (C=O) groups is 1. The van der Waals surface area contributed by atoms with Gasteiger partial charge in [-0.25, -0.2) is 12.8 Å². The molecule has 0 saturated carbocycles. The molecule has 1 aliphatic rings. The summed E-state index contributed by atoms with van der Waals surface area (Å²) in [4.78, 5) is 14.3. The molecule has 6 nitrogen and oxygen atoms in total. The molecule has 3 N–H and O–H groups in total. The van der Waals surface area contributed by atoms with Gasteiger partial charge in [-0.1, -0.05) is 12.1 Å². The van der Waals surface area contributed by atoms with Gasteiger partial charge in [-0.05, 0) is 55.7 Å². The summed E-state index contributed by atoms with van der Waals surface area (Å²) in [7, 11) is -3.96. The number of carbonyl (C=O) groups excluding carboxylic acids is 1. The molecular weight excluding hydrogens is 405 g/mol. The van der Waals surface area contributed by atoms with Gasteiger partial charge in [0.05, 0.1) is 4.90 Å². The SMILES string of the molecule is Cc1ccc(S(=O)(=O)Nc2cccc(C(=O)N3CCCC3CN)c2)cc1F.Cl. The summed E-state index contributed by atoms with van der Waals surface area (Å²) >= 11 is 0. The van der Waals surface area contributed by atoms with Crippen LogP contribution in [0, 0.1) is 12.7 Å².